The number of hydrogen-bond acceptors (Lipinski definition) is 4. The number of nitrogens with zero attached hydrogens (tertiary/aromatic N) is 1. The Morgan fingerprint density at radius 2 is 1.76 bits per heavy atom. The first-order valence-electron chi connectivity index (χ1n) is 8.26. The second-order valence-electron chi connectivity index (χ2n) is 7.15. The molecule has 2 heterocycles. The molecule has 0 aromatic carbocycles. The molecule has 2 rings (SSSR count). The maximum Gasteiger partial charge on any atom is 0.410 e. The summed E-state index contributed by atoms with van der Waals surface area (Å²) in [6.45, 7) is 7.41. The molecule has 0 aromatic rings. The lowest BCUT2D eigenvalue weighted by Crippen LogP contribution is -2.41. The first-order valence-corrected chi connectivity index (χ1v) is 9.41. The van der Waals surface area contributed by atoms with E-state index in [-0.39, 0.29) is 6.09 Å². The SMILES string of the molecule is CC(C)(C)OC(=O)N1CCCC(NC2CCSCC2)CC1. The smallest absolute Gasteiger partial charge is 0.410 e. The molecule has 0 aliphatic carbocycles. The zero-order valence-corrected chi connectivity index (χ0v) is 14.5. The molecule has 0 bridgehead atoms. The van der Waals surface area contributed by atoms with Crippen LogP contribution in [0.15, 0.2) is 0 Å². The van der Waals surface area contributed by atoms with Crippen LogP contribution >= 0.6 is 11.8 Å². The number of likely N-dealkylation sites (tertiary alicyclic amines) is 1. The summed E-state index contributed by atoms with van der Waals surface area (Å²) in [7, 11) is 0. The van der Waals surface area contributed by atoms with E-state index in [1.54, 1.807) is 0 Å². The van der Waals surface area contributed by atoms with Crippen LogP contribution in [-0.4, -0.2) is 53.3 Å². The van der Waals surface area contributed by atoms with E-state index in [2.05, 4.69) is 17.1 Å². The lowest BCUT2D eigenvalue weighted by molar-refractivity contribution is 0.0256. The number of carbonyl (C=O) groups excluding carboxylic acids is 1. The Balaban J connectivity index is 1.77. The van der Waals surface area contributed by atoms with Gasteiger partial charge in [-0.25, -0.2) is 4.79 Å². The van der Waals surface area contributed by atoms with E-state index >= 15 is 0 Å². The van der Waals surface area contributed by atoms with Gasteiger partial charge in [0.25, 0.3) is 0 Å². The Bertz CT molecular complexity index is 338. The highest BCUT2D eigenvalue weighted by atomic mass is 32.2. The maximum atomic E-state index is 12.1. The van der Waals surface area contributed by atoms with Gasteiger partial charge in [-0.05, 0) is 64.4 Å². The number of amides is 1. The Morgan fingerprint density at radius 3 is 2.43 bits per heavy atom. The molecule has 2 fully saturated rings. The van der Waals surface area contributed by atoms with E-state index in [1.165, 1.54) is 30.8 Å². The normalized spacial score (nSPS) is 25.5. The fraction of sp³-hybridized carbons (Fsp3) is 0.938. The zero-order chi connectivity index (χ0) is 15.3. The summed E-state index contributed by atoms with van der Waals surface area (Å²) >= 11 is 2.06. The van der Waals surface area contributed by atoms with Crippen LogP contribution in [0.3, 0.4) is 0 Å². The van der Waals surface area contributed by atoms with Gasteiger partial charge in [0, 0.05) is 25.2 Å². The quantitative estimate of drug-likeness (QED) is 0.849. The van der Waals surface area contributed by atoms with Gasteiger partial charge in [-0.3, -0.25) is 0 Å². The molecule has 21 heavy (non-hydrogen) atoms. The molecule has 2 aliphatic heterocycles. The fourth-order valence-electron chi connectivity index (χ4n) is 2.97. The third-order valence-corrected chi connectivity index (χ3v) is 5.12. The number of hydrogen-bond donors (Lipinski definition) is 1. The summed E-state index contributed by atoms with van der Waals surface area (Å²) in [5.41, 5.74) is -0.402. The summed E-state index contributed by atoms with van der Waals surface area (Å²) in [4.78, 5) is 14.0. The van der Waals surface area contributed by atoms with Crippen LogP contribution in [0.25, 0.3) is 0 Å². The van der Waals surface area contributed by atoms with Crippen LogP contribution in [0.1, 0.15) is 52.9 Å². The van der Waals surface area contributed by atoms with Crippen molar-refractivity contribution in [2.75, 3.05) is 24.6 Å². The van der Waals surface area contributed by atoms with Crippen LogP contribution in [0.2, 0.25) is 0 Å². The number of rotatable bonds is 2. The largest absolute Gasteiger partial charge is 0.444 e. The molecule has 4 nitrogen and oxygen atoms in total. The average Bonchev–Trinajstić information content (AvgIpc) is 2.64. The number of nitrogens with one attached hydrogen (secondary N) is 1. The number of ether oxygens (including phenoxy) is 1. The zero-order valence-electron chi connectivity index (χ0n) is 13.7. The van der Waals surface area contributed by atoms with Crippen molar-refractivity contribution >= 4 is 17.9 Å². The first-order chi connectivity index (χ1) is 9.94. The summed E-state index contributed by atoms with van der Waals surface area (Å²) < 4.78 is 5.48. The van der Waals surface area contributed by atoms with E-state index in [0.717, 1.165) is 25.9 Å². The third kappa shape index (κ3) is 6.07. The van der Waals surface area contributed by atoms with Gasteiger partial charge < -0.3 is 15.0 Å². The Kier molecular flexibility index (Phi) is 6.23. The summed E-state index contributed by atoms with van der Waals surface area (Å²) in [5.74, 6) is 2.57. The van der Waals surface area contributed by atoms with E-state index < -0.39 is 5.60 Å². The monoisotopic (exact) mass is 314 g/mol. The van der Waals surface area contributed by atoms with E-state index in [1.807, 2.05) is 25.7 Å². The molecule has 122 valence electrons. The Hall–Kier alpha value is -0.420. The molecule has 5 heteroatoms. The molecule has 2 saturated heterocycles. The van der Waals surface area contributed by atoms with Gasteiger partial charge in [0.1, 0.15) is 5.60 Å². The minimum absolute atomic E-state index is 0.155. The van der Waals surface area contributed by atoms with Crippen molar-refractivity contribution < 1.29 is 9.53 Å². The van der Waals surface area contributed by atoms with Crippen molar-refractivity contribution in [3.05, 3.63) is 0 Å². The lowest BCUT2D eigenvalue weighted by atomic mass is 10.1. The molecule has 1 atom stereocenters. The lowest BCUT2D eigenvalue weighted by Gasteiger charge is -2.28. The molecular weight excluding hydrogens is 284 g/mol. The highest BCUT2D eigenvalue weighted by molar-refractivity contribution is 7.99. The van der Waals surface area contributed by atoms with Gasteiger partial charge in [-0.15, -0.1) is 0 Å². The highest BCUT2D eigenvalue weighted by Crippen LogP contribution is 2.20. The maximum absolute atomic E-state index is 12.1. The van der Waals surface area contributed by atoms with E-state index in [4.69, 9.17) is 4.74 Å². The van der Waals surface area contributed by atoms with Crippen molar-refractivity contribution in [3.8, 4) is 0 Å². The highest BCUT2D eigenvalue weighted by Gasteiger charge is 2.26. The topological polar surface area (TPSA) is 41.6 Å². The van der Waals surface area contributed by atoms with Crippen molar-refractivity contribution in [2.45, 2.75) is 70.6 Å². The van der Waals surface area contributed by atoms with Crippen LogP contribution in [-0.2, 0) is 4.74 Å². The van der Waals surface area contributed by atoms with Gasteiger partial charge in [-0.2, -0.15) is 11.8 Å². The predicted octanol–water partition coefficient (Wildman–Crippen LogP) is 3.26. The summed E-state index contributed by atoms with van der Waals surface area (Å²) in [5, 5.41) is 3.81. The summed E-state index contributed by atoms with van der Waals surface area (Å²) in [6.07, 6.45) is 5.70. The van der Waals surface area contributed by atoms with Gasteiger partial charge in [0.2, 0.25) is 0 Å². The van der Waals surface area contributed by atoms with Crippen molar-refractivity contribution in [2.24, 2.45) is 0 Å². The standard InChI is InChI=1S/C16H30N2O2S/c1-16(2,3)20-15(19)18-9-4-5-13(6-10-18)17-14-7-11-21-12-8-14/h13-14,17H,4-12H2,1-3H3. The van der Waals surface area contributed by atoms with Gasteiger partial charge in [0.05, 0.1) is 0 Å². The molecular formula is C16H30N2O2S. The summed E-state index contributed by atoms with van der Waals surface area (Å²) in [6, 6.07) is 1.25. The molecule has 1 N–H and O–H groups in total. The minimum Gasteiger partial charge on any atom is -0.444 e. The molecule has 1 amide bonds. The Labute approximate surface area is 133 Å². The predicted molar refractivity (Wildman–Crippen MR) is 88.9 cm³/mol. The molecule has 0 saturated carbocycles. The molecule has 0 radical (unpaired) electrons. The van der Waals surface area contributed by atoms with Gasteiger partial charge in [-0.1, -0.05) is 0 Å². The molecule has 1 unspecified atom stereocenters. The van der Waals surface area contributed by atoms with Gasteiger partial charge >= 0.3 is 6.09 Å². The average molecular weight is 314 g/mol. The molecule has 0 spiro atoms. The van der Waals surface area contributed by atoms with E-state index in [0.29, 0.717) is 12.1 Å². The Morgan fingerprint density at radius 1 is 1.10 bits per heavy atom. The van der Waals surface area contributed by atoms with Crippen molar-refractivity contribution in [1.82, 2.24) is 10.2 Å². The minimum atomic E-state index is -0.402. The second-order valence-corrected chi connectivity index (χ2v) is 8.37. The number of thioether (sulfide) groups is 1. The van der Waals surface area contributed by atoms with Crippen molar-refractivity contribution in [3.63, 3.8) is 0 Å². The molecule has 0 aromatic heterocycles. The van der Waals surface area contributed by atoms with Crippen LogP contribution in [0.4, 0.5) is 4.79 Å². The first kappa shape index (κ1) is 16.9. The van der Waals surface area contributed by atoms with Crippen LogP contribution < -0.4 is 5.32 Å². The van der Waals surface area contributed by atoms with E-state index in [9.17, 15) is 4.79 Å². The van der Waals surface area contributed by atoms with Crippen molar-refractivity contribution in [1.29, 1.82) is 0 Å². The molecule has 2 aliphatic rings. The second kappa shape index (κ2) is 7.73. The van der Waals surface area contributed by atoms with Crippen LogP contribution in [0, 0.1) is 0 Å². The van der Waals surface area contributed by atoms with Gasteiger partial charge in [0.15, 0.2) is 0 Å². The fourth-order valence-corrected chi connectivity index (χ4v) is 4.08. The number of carbonyl (C=O) groups is 1. The third-order valence-electron chi connectivity index (χ3n) is 4.07. The van der Waals surface area contributed by atoms with Crippen LogP contribution in [0.5, 0.6) is 0 Å².